The van der Waals surface area contributed by atoms with Crippen LogP contribution in [0.4, 0.5) is 0 Å². The van der Waals surface area contributed by atoms with Gasteiger partial charge < -0.3 is 14.8 Å². The molecular formula is C10H8ClNO3. The summed E-state index contributed by atoms with van der Waals surface area (Å²) in [6.07, 6.45) is 0. The van der Waals surface area contributed by atoms with E-state index >= 15 is 0 Å². The predicted octanol–water partition coefficient (Wildman–Crippen LogP) is 2.31. The molecule has 0 atom stereocenters. The van der Waals surface area contributed by atoms with Gasteiger partial charge in [-0.25, -0.2) is 4.79 Å². The molecule has 5 heteroatoms. The molecule has 2 aromatic rings. The zero-order valence-corrected chi connectivity index (χ0v) is 8.63. The minimum Gasteiger partial charge on any atom is -0.505 e. The van der Waals surface area contributed by atoms with Gasteiger partial charge in [-0.2, -0.15) is 0 Å². The average Bonchev–Trinajstić information content (AvgIpc) is 2.56. The quantitative estimate of drug-likeness (QED) is 0.732. The number of halogens is 1. The molecule has 15 heavy (non-hydrogen) atoms. The summed E-state index contributed by atoms with van der Waals surface area (Å²) in [5.74, 6) is -0.804. The van der Waals surface area contributed by atoms with Crippen molar-refractivity contribution in [3.8, 4) is 5.75 Å². The van der Waals surface area contributed by atoms with Crippen molar-refractivity contribution in [1.29, 1.82) is 0 Å². The van der Waals surface area contributed by atoms with Gasteiger partial charge in [-0.15, -0.1) is 0 Å². The Kier molecular flexibility index (Phi) is 2.28. The number of hydrogen-bond acceptors (Lipinski definition) is 3. The molecule has 0 aliphatic rings. The Hall–Kier alpha value is -1.68. The van der Waals surface area contributed by atoms with E-state index in [1.54, 1.807) is 18.2 Å². The van der Waals surface area contributed by atoms with Crippen molar-refractivity contribution >= 4 is 28.5 Å². The molecular weight excluding hydrogens is 218 g/mol. The average molecular weight is 226 g/mol. The van der Waals surface area contributed by atoms with Gasteiger partial charge in [0.2, 0.25) is 0 Å². The van der Waals surface area contributed by atoms with E-state index in [-0.39, 0.29) is 11.4 Å². The van der Waals surface area contributed by atoms with E-state index in [9.17, 15) is 9.90 Å². The first-order valence-electron chi connectivity index (χ1n) is 4.22. The smallest absolute Gasteiger partial charge is 0.358 e. The number of nitrogens with one attached hydrogen (secondary N) is 1. The molecule has 0 amide bonds. The molecule has 4 nitrogen and oxygen atoms in total. The molecule has 1 aromatic heterocycles. The van der Waals surface area contributed by atoms with E-state index in [1.807, 2.05) is 0 Å². The van der Waals surface area contributed by atoms with Gasteiger partial charge in [0.25, 0.3) is 0 Å². The van der Waals surface area contributed by atoms with Gasteiger partial charge in [0.05, 0.1) is 23.0 Å². The molecule has 0 fully saturated rings. The van der Waals surface area contributed by atoms with E-state index in [0.717, 1.165) is 0 Å². The molecule has 1 aromatic carbocycles. The van der Waals surface area contributed by atoms with Crippen molar-refractivity contribution in [1.82, 2.24) is 4.98 Å². The number of carbonyl (C=O) groups is 1. The Balaban J connectivity index is 2.75. The maximum absolute atomic E-state index is 11.3. The zero-order valence-electron chi connectivity index (χ0n) is 7.87. The fourth-order valence-electron chi connectivity index (χ4n) is 1.44. The van der Waals surface area contributed by atoms with Crippen LogP contribution in [0, 0.1) is 0 Å². The third-order valence-corrected chi connectivity index (χ3v) is 2.45. The Bertz CT molecular complexity index is 533. The molecule has 1 heterocycles. The Morgan fingerprint density at radius 1 is 1.53 bits per heavy atom. The van der Waals surface area contributed by atoms with Crippen LogP contribution in [0.3, 0.4) is 0 Å². The van der Waals surface area contributed by atoms with Crippen LogP contribution >= 0.6 is 11.6 Å². The van der Waals surface area contributed by atoms with Crippen LogP contribution in [0.1, 0.15) is 10.5 Å². The second kappa shape index (κ2) is 3.47. The lowest BCUT2D eigenvalue weighted by Gasteiger charge is -1.95. The molecule has 0 aliphatic carbocycles. The summed E-state index contributed by atoms with van der Waals surface area (Å²) in [5, 5.41) is 10.6. The second-order valence-electron chi connectivity index (χ2n) is 3.00. The largest absolute Gasteiger partial charge is 0.505 e. The minimum atomic E-state index is -0.625. The number of aromatic hydroxyl groups is 1. The molecule has 0 saturated carbocycles. The van der Waals surface area contributed by atoms with Crippen molar-refractivity contribution in [3.63, 3.8) is 0 Å². The lowest BCUT2D eigenvalue weighted by atomic mass is 10.2. The molecule has 0 unspecified atom stereocenters. The zero-order chi connectivity index (χ0) is 11.0. The van der Waals surface area contributed by atoms with E-state index in [2.05, 4.69) is 9.72 Å². The highest BCUT2D eigenvalue weighted by atomic mass is 35.5. The Morgan fingerprint density at radius 3 is 2.87 bits per heavy atom. The fraction of sp³-hybridized carbons (Fsp3) is 0.100. The van der Waals surface area contributed by atoms with Crippen LogP contribution in [0.25, 0.3) is 10.9 Å². The molecule has 2 rings (SSSR count). The number of aromatic nitrogens is 1. The number of aromatic amines is 1. The highest BCUT2D eigenvalue weighted by Crippen LogP contribution is 2.34. The first-order chi connectivity index (χ1) is 7.15. The lowest BCUT2D eigenvalue weighted by molar-refractivity contribution is 0.0592. The van der Waals surface area contributed by atoms with Gasteiger partial charge in [-0.3, -0.25) is 0 Å². The number of ether oxygens (including phenoxy) is 1. The third kappa shape index (κ3) is 1.43. The minimum absolute atomic E-state index is 0.0144. The third-order valence-electron chi connectivity index (χ3n) is 2.14. The summed E-state index contributed by atoms with van der Waals surface area (Å²) >= 11 is 5.89. The highest BCUT2D eigenvalue weighted by molar-refractivity contribution is 6.36. The van der Waals surface area contributed by atoms with E-state index in [1.165, 1.54) is 7.11 Å². The number of esters is 1. The summed E-state index contributed by atoms with van der Waals surface area (Å²) in [7, 11) is 1.24. The molecule has 78 valence electrons. The first kappa shape index (κ1) is 9.86. The number of methoxy groups -OCH3 is 1. The first-order valence-corrected chi connectivity index (χ1v) is 4.60. The standard InChI is InChI=1S/C10H8ClNO3/c1-15-10(14)8-9(13)7-5(11)3-2-4-6(7)12-8/h2-4,12-13H,1H3. The Morgan fingerprint density at radius 2 is 2.27 bits per heavy atom. The predicted molar refractivity (Wildman–Crippen MR) is 56.3 cm³/mol. The van der Waals surface area contributed by atoms with Crippen molar-refractivity contribution in [2.45, 2.75) is 0 Å². The number of fused-ring (bicyclic) bond motifs is 1. The molecule has 0 spiro atoms. The summed E-state index contributed by atoms with van der Waals surface area (Å²) in [4.78, 5) is 14.0. The molecule has 0 radical (unpaired) electrons. The van der Waals surface area contributed by atoms with Crippen LogP contribution in [0.15, 0.2) is 18.2 Å². The molecule has 0 saturated heterocycles. The van der Waals surface area contributed by atoms with Crippen LogP contribution in [0.5, 0.6) is 5.75 Å². The van der Waals surface area contributed by atoms with Gasteiger partial charge in [-0.05, 0) is 12.1 Å². The number of hydrogen-bond donors (Lipinski definition) is 2. The highest BCUT2D eigenvalue weighted by Gasteiger charge is 2.18. The number of H-pyrrole nitrogens is 1. The fourth-order valence-corrected chi connectivity index (χ4v) is 1.70. The van der Waals surface area contributed by atoms with Crippen molar-refractivity contribution < 1.29 is 14.6 Å². The van der Waals surface area contributed by atoms with Crippen molar-refractivity contribution in [2.75, 3.05) is 7.11 Å². The van der Waals surface area contributed by atoms with Gasteiger partial charge in [0, 0.05) is 0 Å². The summed E-state index contributed by atoms with van der Waals surface area (Å²) in [6.45, 7) is 0. The monoisotopic (exact) mass is 225 g/mol. The van der Waals surface area contributed by atoms with Gasteiger partial charge >= 0.3 is 5.97 Å². The van der Waals surface area contributed by atoms with E-state index < -0.39 is 5.97 Å². The summed E-state index contributed by atoms with van der Waals surface area (Å²) < 4.78 is 4.51. The maximum atomic E-state index is 11.3. The maximum Gasteiger partial charge on any atom is 0.358 e. The summed E-state index contributed by atoms with van der Waals surface area (Å²) in [6, 6.07) is 5.08. The van der Waals surface area contributed by atoms with Crippen LogP contribution in [0.2, 0.25) is 5.02 Å². The van der Waals surface area contributed by atoms with Crippen molar-refractivity contribution in [2.24, 2.45) is 0 Å². The second-order valence-corrected chi connectivity index (χ2v) is 3.41. The summed E-state index contributed by atoms with van der Waals surface area (Å²) in [5.41, 5.74) is 0.612. The van der Waals surface area contributed by atoms with E-state index in [0.29, 0.717) is 15.9 Å². The Labute approximate surface area is 90.4 Å². The van der Waals surface area contributed by atoms with Crippen LogP contribution in [-0.2, 0) is 4.74 Å². The molecule has 0 aliphatic heterocycles. The molecule has 0 bridgehead atoms. The van der Waals surface area contributed by atoms with E-state index in [4.69, 9.17) is 11.6 Å². The van der Waals surface area contributed by atoms with Gasteiger partial charge in [-0.1, -0.05) is 17.7 Å². The SMILES string of the molecule is COC(=O)c1[nH]c2cccc(Cl)c2c1O. The topological polar surface area (TPSA) is 62.3 Å². The lowest BCUT2D eigenvalue weighted by Crippen LogP contribution is -2.01. The number of rotatable bonds is 1. The normalized spacial score (nSPS) is 10.5. The van der Waals surface area contributed by atoms with Gasteiger partial charge in [0.1, 0.15) is 0 Å². The molecule has 2 N–H and O–H groups in total. The van der Waals surface area contributed by atoms with Crippen molar-refractivity contribution in [3.05, 3.63) is 28.9 Å². The van der Waals surface area contributed by atoms with Gasteiger partial charge in [0.15, 0.2) is 11.4 Å². The number of benzene rings is 1. The number of carbonyl (C=O) groups excluding carboxylic acids is 1. The van der Waals surface area contributed by atoms with Crippen LogP contribution in [-0.4, -0.2) is 23.2 Å². The van der Waals surface area contributed by atoms with Crippen LogP contribution < -0.4 is 0 Å².